The van der Waals surface area contributed by atoms with Gasteiger partial charge in [0.1, 0.15) is 6.17 Å². The van der Waals surface area contributed by atoms with Crippen molar-refractivity contribution in [2.24, 2.45) is 0 Å². The molecule has 0 aromatic carbocycles. The monoisotopic (exact) mass is 514 g/mol. The van der Waals surface area contributed by atoms with E-state index < -0.39 is 0 Å². The fourth-order valence-electron chi connectivity index (χ4n) is 5.04. The third-order valence-electron chi connectivity index (χ3n) is 7.12. The highest BCUT2D eigenvalue weighted by molar-refractivity contribution is 8.93. The van der Waals surface area contributed by atoms with Crippen molar-refractivity contribution in [2.75, 3.05) is 13.1 Å². The van der Waals surface area contributed by atoms with Crippen LogP contribution in [0, 0.1) is 0 Å². The highest BCUT2D eigenvalue weighted by atomic mass is 79.9. The summed E-state index contributed by atoms with van der Waals surface area (Å²) in [7, 11) is 0. The molecule has 3 heteroatoms. The third kappa shape index (κ3) is 16.4. The molecular formula is C29H59BrN2. The summed E-state index contributed by atoms with van der Waals surface area (Å²) in [4.78, 5) is 5.22. The molecule has 0 aromatic heterocycles. The quantitative estimate of drug-likeness (QED) is 0.125. The maximum Gasteiger partial charge on any atom is 0.100 e. The summed E-state index contributed by atoms with van der Waals surface area (Å²) in [5, 5.41) is 0. The zero-order valence-corrected chi connectivity index (χ0v) is 24.0. The largest absolute Gasteiger partial charge is 0.356 e. The van der Waals surface area contributed by atoms with Crippen LogP contribution >= 0.6 is 17.0 Å². The SMILES string of the molecule is Br.CCCCCCCCCCCCN1C=CN(CCCCCCCCCCCC)C1CC. The number of hydrogen-bond acceptors (Lipinski definition) is 2. The van der Waals surface area contributed by atoms with E-state index in [1.807, 2.05) is 0 Å². The topological polar surface area (TPSA) is 6.48 Å². The molecule has 0 saturated heterocycles. The van der Waals surface area contributed by atoms with Gasteiger partial charge in [-0.05, 0) is 19.3 Å². The second-order valence-corrected chi connectivity index (χ2v) is 10.0. The molecule has 0 unspecified atom stereocenters. The highest BCUT2D eigenvalue weighted by Crippen LogP contribution is 2.21. The molecule has 0 spiro atoms. The first-order valence-corrected chi connectivity index (χ1v) is 14.5. The lowest BCUT2D eigenvalue weighted by atomic mass is 10.1. The van der Waals surface area contributed by atoms with Crippen molar-refractivity contribution in [3.05, 3.63) is 12.4 Å². The standard InChI is InChI=1S/C29H58N2.BrH/c1-4-7-9-11-13-15-17-19-21-23-25-30-27-28-31(29(30)6-3)26-24-22-20-18-16-14-12-10-8-5-2;/h27-29H,4-26H2,1-3H3;1H. The molecule has 1 aliphatic heterocycles. The molecular weight excluding hydrogens is 456 g/mol. The van der Waals surface area contributed by atoms with Crippen LogP contribution in [0.2, 0.25) is 0 Å². The van der Waals surface area contributed by atoms with Crippen LogP contribution in [-0.4, -0.2) is 29.1 Å². The average molecular weight is 516 g/mol. The van der Waals surface area contributed by atoms with Gasteiger partial charge < -0.3 is 9.80 Å². The van der Waals surface area contributed by atoms with Crippen LogP contribution in [-0.2, 0) is 0 Å². The van der Waals surface area contributed by atoms with E-state index >= 15 is 0 Å². The van der Waals surface area contributed by atoms with E-state index in [1.165, 1.54) is 148 Å². The predicted molar refractivity (Wildman–Crippen MR) is 151 cm³/mol. The zero-order valence-electron chi connectivity index (χ0n) is 22.3. The van der Waals surface area contributed by atoms with Gasteiger partial charge in [-0.2, -0.15) is 0 Å². The van der Waals surface area contributed by atoms with Crippen molar-refractivity contribution in [3.8, 4) is 0 Å². The highest BCUT2D eigenvalue weighted by Gasteiger charge is 2.23. The zero-order chi connectivity index (χ0) is 22.4. The predicted octanol–water partition coefficient (Wildman–Crippen LogP) is 10.2. The van der Waals surface area contributed by atoms with E-state index in [1.54, 1.807) is 0 Å². The van der Waals surface area contributed by atoms with Gasteiger partial charge in [0.2, 0.25) is 0 Å². The first-order chi connectivity index (χ1) is 15.3. The summed E-state index contributed by atoms with van der Waals surface area (Å²) in [6.45, 7) is 9.46. The number of rotatable bonds is 23. The molecule has 192 valence electrons. The van der Waals surface area contributed by atoms with Gasteiger partial charge in [0.15, 0.2) is 0 Å². The molecule has 0 aromatic rings. The molecule has 0 radical (unpaired) electrons. The van der Waals surface area contributed by atoms with E-state index in [9.17, 15) is 0 Å². The Labute approximate surface area is 213 Å². The van der Waals surface area contributed by atoms with Crippen LogP contribution in [0.5, 0.6) is 0 Å². The number of halogens is 1. The molecule has 1 rings (SSSR count). The number of unbranched alkanes of at least 4 members (excludes halogenated alkanes) is 18. The van der Waals surface area contributed by atoms with Gasteiger partial charge in [-0.25, -0.2) is 0 Å². The first kappa shape index (κ1) is 31.8. The lowest BCUT2D eigenvalue weighted by Crippen LogP contribution is -2.38. The van der Waals surface area contributed by atoms with Crippen molar-refractivity contribution < 1.29 is 0 Å². The van der Waals surface area contributed by atoms with Crippen LogP contribution < -0.4 is 0 Å². The number of hydrogen-bond donors (Lipinski definition) is 0. The molecule has 0 saturated carbocycles. The van der Waals surface area contributed by atoms with E-state index in [4.69, 9.17) is 0 Å². The maximum absolute atomic E-state index is 2.61. The molecule has 0 atom stereocenters. The molecule has 0 amide bonds. The van der Waals surface area contributed by atoms with E-state index in [-0.39, 0.29) is 17.0 Å². The van der Waals surface area contributed by atoms with Crippen molar-refractivity contribution in [2.45, 2.75) is 162 Å². The minimum Gasteiger partial charge on any atom is -0.356 e. The van der Waals surface area contributed by atoms with Crippen molar-refractivity contribution >= 4 is 17.0 Å². The molecule has 0 bridgehead atoms. The second-order valence-electron chi connectivity index (χ2n) is 10.0. The van der Waals surface area contributed by atoms with Gasteiger partial charge in [-0.15, -0.1) is 17.0 Å². The Morgan fingerprint density at radius 1 is 0.438 bits per heavy atom. The smallest absolute Gasteiger partial charge is 0.100 e. The van der Waals surface area contributed by atoms with Gasteiger partial charge in [0.25, 0.3) is 0 Å². The Morgan fingerprint density at radius 2 is 0.719 bits per heavy atom. The Morgan fingerprint density at radius 3 is 1.00 bits per heavy atom. The minimum atomic E-state index is 0. The molecule has 0 fully saturated rings. The molecule has 1 aliphatic rings. The van der Waals surface area contributed by atoms with Gasteiger partial charge >= 0.3 is 0 Å². The third-order valence-corrected chi connectivity index (χ3v) is 7.12. The van der Waals surface area contributed by atoms with Crippen molar-refractivity contribution in [1.29, 1.82) is 0 Å². The van der Waals surface area contributed by atoms with Gasteiger partial charge in [-0.3, -0.25) is 0 Å². The van der Waals surface area contributed by atoms with Gasteiger partial charge in [-0.1, -0.05) is 136 Å². The Hall–Kier alpha value is -0.180. The number of nitrogens with zero attached hydrogens (tertiary/aromatic N) is 2. The molecule has 1 heterocycles. The van der Waals surface area contributed by atoms with Crippen molar-refractivity contribution in [3.63, 3.8) is 0 Å². The summed E-state index contributed by atoms with van der Waals surface area (Å²) < 4.78 is 0. The van der Waals surface area contributed by atoms with Crippen LogP contribution in [0.25, 0.3) is 0 Å². The molecule has 0 N–H and O–H groups in total. The maximum atomic E-state index is 2.61. The summed E-state index contributed by atoms with van der Waals surface area (Å²) in [6, 6.07) is 0. The molecule has 0 aliphatic carbocycles. The molecule has 2 nitrogen and oxygen atoms in total. The Balaban J connectivity index is 0.00000961. The van der Waals surface area contributed by atoms with Crippen LogP contribution in [0.1, 0.15) is 156 Å². The lowest BCUT2D eigenvalue weighted by Gasteiger charge is -2.32. The fourth-order valence-corrected chi connectivity index (χ4v) is 5.04. The van der Waals surface area contributed by atoms with E-state index in [0.29, 0.717) is 6.17 Å². The van der Waals surface area contributed by atoms with Gasteiger partial charge in [0.05, 0.1) is 0 Å². The Kier molecular flexibility index (Phi) is 23.8. The first-order valence-electron chi connectivity index (χ1n) is 14.5. The summed E-state index contributed by atoms with van der Waals surface area (Å²) in [5.41, 5.74) is 0. The lowest BCUT2D eigenvalue weighted by molar-refractivity contribution is 0.144. The van der Waals surface area contributed by atoms with Crippen LogP contribution in [0.3, 0.4) is 0 Å². The van der Waals surface area contributed by atoms with E-state index in [0.717, 1.165) is 0 Å². The fraction of sp³-hybridized carbons (Fsp3) is 0.931. The normalized spacial score (nSPS) is 13.8. The van der Waals surface area contributed by atoms with Crippen LogP contribution in [0.4, 0.5) is 0 Å². The summed E-state index contributed by atoms with van der Waals surface area (Å²) >= 11 is 0. The van der Waals surface area contributed by atoms with Crippen molar-refractivity contribution in [1.82, 2.24) is 9.80 Å². The summed E-state index contributed by atoms with van der Waals surface area (Å²) in [5.74, 6) is 0. The van der Waals surface area contributed by atoms with Crippen LogP contribution in [0.15, 0.2) is 12.4 Å². The van der Waals surface area contributed by atoms with Gasteiger partial charge in [0, 0.05) is 25.5 Å². The van der Waals surface area contributed by atoms with E-state index in [2.05, 4.69) is 43.0 Å². The minimum absolute atomic E-state index is 0. The second kappa shape index (κ2) is 24.0. The average Bonchev–Trinajstić information content (AvgIpc) is 3.18. The summed E-state index contributed by atoms with van der Waals surface area (Å²) in [6.07, 6.45) is 35.2. The molecule has 32 heavy (non-hydrogen) atoms. The Bertz CT molecular complexity index is 365.